The van der Waals surface area contributed by atoms with Gasteiger partial charge in [0.15, 0.2) is 5.13 Å². The highest BCUT2D eigenvalue weighted by molar-refractivity contribution is 7.15. The summed E-state index contributed by atoms with van der Waals surface area (Å²) >= 11 is 7.68. The van der Waals surface area contributed by atoms with Crippen LogP contribution >= 0.6 is 22.9 Å². The van der Waals surface area contributed by atoms with E-state index < -0.39 is 0 Å². The summed E-state index contributed by atoms with van der Waals surface area (Å²) in [6.45, 7) is 1.87. The number of anilines is 1. The van der Waals surface area contributed by atoms with Crippen molar-refractivity contribution in [3.8, 4) is 0 Å². The van der Waals surface area contributed by atoms with Gasteiger partial charge in [0.1, 0.15) is 0 Å². The molecule has 0 saturated carbocycles. The van der Waals surface area contributed by atoms with Crippen LogP contribution in [0.5, 0.6) is 0 Å². The molecule has 122 valence electrons. The third-order valence-electron chi connectivity index (χ3n) is 4.06. The van der Waals surface area contributed by atoms with Gasteiger partial charge in [0.05, 0.1) is 16.8 Å². The van der Waals surface area contributed by atoms with Gasteiger partial charge in [-0.1, -0.05) is 17.7 Å². The largest absolute Gasteiger partial charge is 0.301 e. The molecule has 0 radical (unpaired) electrons. The normalized spacial score (nSPS) is 14.6. The second-order valence-electron chi connectivity index (χ2n) is 5.86. The number of pyridine rings is 1. The van der Waals surface area contributed by atoms with E-state index in [1.807, 2.05) is 12.1 Å². The molecule has 2 aromatic heterocycles. The highest BCUT2D eigenvalue weighted by atomic mass is 35.5. The monoisotopic (exact) mass is 358 g/mol. The SMILES string of the molecule is CN1CCc2nc(NC(=O)c3cc(Cl)cc4cccnc34)sc2C1. The molecule has 1 aliphatic heterocycles. The lowest BCUT2D eigenvalue weighted by Crippen LogP contribution is -2.25. The van der Waals surface area contributed by atoms with Crippen LogP contribution in [0.15, 0.2) is 30.5 Å². The van der Waals surface area contributed by atoms with Gasteiger partial charge in [-0.05, 0) is 25.2 Å². The Labute approximate surface area is 148 Å². The zero-order chi connectivity index (χ0) is 16.7. The number of nitrogens with zero attached hydrogens (tertiary/aromatic N) is 3. The Morgan fingerprint density at radius 1 is 1.42 bits per heavy atom. The quantitative estimate of drug-likeness (QED) is 0.760. The molecule has 5 nitrogen and oxygen atoms in total. The van der Waals surface area contributed by atoms with Gasteiger partial charge in [-0.2, -0.15) is 0 Å². The number of hydrogen-bond donors (Lipinski definition) is 1. The average Bonchev–Trinajstić information content (AvgIpc) is 2.95. The summed E-state index contributed by atoms with van der Waals surface area (Å²) in [6.07, 6.45) is 2.59. The Kier molecular flexibility index (Phi) is 3.96. The molecule has 1 amide bonds. The third-order valence-corrected chi connectivity index (χ3v) is 5.27. The van der Waals surface area contributed by atoms with Crippen molar-refractivity contribution in [1.82, 2.24) is 14.9 Å². The van der Waals surface area contributed by atoms with Crippen molar-refractivity contribution in [2.24, 2.45) is 0 Å². The number of benzene rings is 1. The zero-order valence-electron chi connectivity index (χ0n) is 13.0. The molecular formula is C17H15ClN4OS. The molecule has 7 heteroatoms. The van der Waals surface area contributed by atoms with Crippen molar-refractivity contribution in [3.63, 3.8) is 0 Å². The fourth-order valence-electron chi connectivity index (χ4n) is 2.87. The number of nitrogens with one attached hydrogen (secondary N) is 1. The lowest BCUT2D eigenvalue weighted by molar-refractivity contribution is 0.102. The van der Waals surface area contributed by atoms with Gasteiger partial charge in [-0.25, -0.2) is 4.98 Å². The Hall–Kier alpha value is -2.02. The minimum Gasteiger partial charge on any atom is -0.301 e. The van der Waals surface area contributed by atoms with E-state index in [-0.39, 0.29) is 5.91 Å². The molecule has 1 N–H and O–H groups in total. The predicted octanol–water partition coefficient (Wildman–Crippen LogP) is 3.58. The maximum Gasteiger partial charge on any atom is 0.259 e. The van der Waals surface area contributed by atoms with Gasteiger partial charge >= 0.3 is 0 Å². The number of fused-ring (bicyclic) bond motifs is 2. The molecule has 0 bridgehead atoms. The number of carbonyl (C=O) groups is 1. The van der Waals surface area contributed by atoms with Gasteiger partial charge in [-0.3, -0.25) is 15.1 Å². The van der Waals surface area contributed by atoms with Crippen molar-refractivity contribution in [2.75, 3.05) is 18.9 Å². The Morgan fingerprint density at radius 3 is 3.17 bits per heavy atom. The first-order chi connectivity index (χ1) is 11.6. The highest BCUT2D eigenvalue weighted by Crippen LogP contribution is 2.29. The van der Waals surface area contributed by atoms with Crippen LogP contribution in [0.3, 0.4) is 0 Å². The minimum atomic E-state index is -0.236. The Bertz CT molecular complexity index is 939. The first-order valence-corrected chi connectivity index (χ1v) is 8.82. The van der Waals surface area contributed by atoms with Crippen molar-refractivity contribution >= 4 is 44.9 Å². The summed E-state index contributed by atoms with van der Waals surface area (Å²) < 4.78 is 0. The standard InChI is InChI=1S/C17H15ClN4OS/c1-22-6-4-13-14(9-22)24-17(20-13)21-16(23)12-8-11(18)7-10-3-2-5-19-15(10)12/h2-3,5,7-8H,4,6,9H2,1H3,(H,20,21,23). The number of rotatable bonds is 2. The van der Waals surface area contributed by atoms with Crippen molar-refractivity contribution < 1.29 is 4.79 Å². The summed E-state index contributed by atoms with van der Waals surface area (Å²) in [4.78, 5) is 25.0. The average molecular weight is 359 g/mol. The van der Waals surface area contributed by atoms with Gasteiger partial charge in [0.25, 0.3) is 5.91 Å². The van der Waals surface area contributed by atoms with Gasteiger partial charge in [-0.15, -0.1) is 11.3 Å². The Morgan fingerprint density at radius 2 is 2.29 bits per heavy atom. The molecule has 24 heavy (non-hydrogen) atoms. The molecule has 0 saturated heterocycles. The first kappa shape index (κ1) is 15.5. The molecule has 0 spiro atoms. The van der Waals surface area contributed by atoms with Gasteiger partial charge in [0.2, 0.25) is 0 Å². The molecule has 0 unspecified atom stereocenters. The molecule has 1 aromatic carbocycles. The van der Waals surface area contributed by atoms with E-state index in [1.165, 1.54) is 16.2 Å². The molecule has 0 atom stereocenters. The maximum atomic E-state index is 12.7. The molecule has 3 heterocycles. The van der Waals surface area contributed by atoms with E-state index >= 15 is 0 Å². The fraction of sp³-hybridized carbons (Fsp3) is 0.235. The van der Waals surface area contributed by atoms with Gasteiger partial charge < -0.3 is 4.90 Å². The summed E-state index contributed by atoms with van der Waals surface area (Å²) in [6, 6.07) is 7.17. The molecule has 0 aliphatic carbocycles. The first-order valence-electron chi connectivity index (χ1n) is 7.63. The van der Waals surface area contributed by atoms with Crippen LogP contribution in [0.2, 0.25) is 5.02 Å². The molecule has 4 rings (SSSR count). The summed E-state index contributed by atoms with van der Waals surface area (Å²) in [7, 11) is 2.09. The minimum absolute atomic E-state index is 0.236. The Balaban J connectivity index is 1.66. The van der Waals surface area contributed by atoms with E-state index in [0.29, 0.717) is 21.2 Å². The highest BCUT2D eigenvalue weighted by Gasteiger charge is 2.20. The van der Waals surface area contributed by atoms with Crippen LogP contribution in [-0.4, -0.2) is 34.4 Å². The molecule has 0 fully saturated rings. The van der Waals surface area contributed by atoms with Gasteiger partial charge in [0, 0.05) is 41.0 Å². The molecule has 3 aromatic rings. The van der Waals surface area contributed by atoms with E-state index in [1.54, 1.807) is 18.3 Å². The summed E-state index contributed by atoms with van der Waals surface area (Å²) in [5.74, 6) is -0.236. The predicted molar refractivity (Wildman–Crippen MR) is 96.9 cm³/mol. The van der Waals surface area contributed by atoms with Crippen molar-refractivity contribution in [1.29, 1.82) is 0 Å². The summed E-state index contributed by atoms with van der Waals surface area (Å²) in [5, 5.41) is 4.89. The fourth-order valence-corrected chi connectivity index (χ4v) is 4.18. The van der Waals surface area contributed by atoms with E-state index in [2.05, 4.69) is 27.2 Å². The molecule has 1 aliphatic rings. The van der Waals surface area contributed by atoms with E-state index in [0.717, 1.165) is 30.6 Å². The number of carbonyl (C=O) groups excluding carboxylic acids is 1. The smallest absolute Gasteiger partial charge is 0.259 e. The summed E-state index contributed by atoms with van der Waals surface area (Å²) in [5.41, 5.74) is 2.19. The number of likely N-dealkylation sites (N-methyl/N-ethyl adjacent to an activating group) is 1. The number of aromatic nitrogens is 2. The maximum absolute atomic E-state index is 12.7. The van der Waals surface area contributed by atoms with Crippen molar-refractivity contribution in [2.45, 2.75) is 13.0 Å². The zero-order valence-corrected chi connectivity index (χ0v) is 14.6. The lowest BCUT2D eigenvalue weighted by atomic mass is 10.1. The third kappa shape index (κ3) is 2.88. The number of thiazole rings is 1. The van der Waals surface area contributed by atoms with Crippen LogP contribution in [-0.2, 0) is 13.0 Å². The van der Waals surface area contributed by atoms with Crippen LogP contribution in [0, 0.1) is 0 Å². The van der Waals surface area contributed by atoms with Crippen LogP contribution < -0.4 is 5.32 Å². The lowest BCUT2D eigenvalue weighted by Gasteiger charge is -2.20. The van der Waals surface area contributed by atoms with Crippen LogP contribution in [0.1, 0.15) is 20.9 Å². The van der Waals surface area contributed by atoms with Crippen molar-refractivity contribution in [3.05, 3.63) is 51.6 Å². The van der Waals surface area contributed by atoms with Crippen LogP contribution in [0.4, 0.5) is 5.13 Å². The number of halogens is 1. The van der Waals surface area contributed by atoms with Crippen LogP contribution in [0.25, 0.3) is 10.9 Å². The van der Waals surface area contributed by atoms with E-state index in [4.69, 9.17) is 11.6 Å². The molecular weight excluding hydrogens is 344 g/mol. The van der Waals surface area contributed by atoms with E-state index in [9.17, 15) is 4.79 Å². The topological polar surface area (TPSA) is 58.1 Å². The second-order valence-corrected chi connectivity index (χ2v) is 7.38. The number of amides is 1. The number of hydrogen-bond acceptors (Lipinski definition) is 5. The second kappa shape index (κ2) is 6.12.